The van der Waals surface area contributed by atoms with Gasteiger partial charge in [0.25, 0.3) is 0 Å². The Kier molecular flexibility index (Phi) is 2.99. The van der Waals surface area contributed by atoms with Crippen LogP contribution < -0.4 is 5.32 Å². The molecular formula is C15H24N2O3. The third-order valence-electron chi connectivity index (χ3n) is 4.85. The van der Waals surface area contributed by atoms with E-state index in [1.165, 1.54) is 0 Å². The Morgan fingerprint density at radius 3 is 2.35 bits per heavy atom. The Morgan fingerprint density at radius 1 is 1.30 bits per heavy atom. The molecule has 2 unspecified atom stereocenters. The molecule has 2 bridgehead atoms. The molecule has 3 heterocycles. The molecule has 2 amide bonds. The van der Waals surface area contributed by atoms with Crippen LogP contribution >= 0.6 is 0 Å². The summed E-state index contributed by atoms with van der Waals surface area (Å²) < 4.78 is 5.52. The van der Waals surface area contributed by atoms with E-state index in [4.69, 9.17) is 4.74 Å². The van der Waals surface area contributed by atoms with Crippen molar-refractivity contribution in [2.45, 2.75) is 70.6 Å². The van der Waals surface area contributed by atoms with Gasteiger partial charge in [-0.05, 0) is 52.9 Å². The van der Waals surface area contributed by atoms with Crippen molar-refractivity contribution in [2.75, 3.05) is 6.54 Å². The Bertz CT molecular complexity index is 427. The second-order valence-electron chi connectivity index (χ2n) is 7.47. The normalized spacial score (nSPS) is 36.4. The lowest BCUT2D eigenvalue weighted by atomic mass is 9.74. The van der Waals surface area contributed by atoms with Crippen molar-refractivity contribution in [1.82, 2.24) is 10.2 Å². The van der Waals surface area contributed by atoms with Crippen LogP contribution in [-0.2, 0) is 9.53 Å². The molecule has 20 heavy (non-hydrogen) atoms. The Labute approximate surface area is 120 Å². The average Bonchev–Trinajstić information content (AvgIpc) is 2.78. The maximum absolute atomic E-state index is 12.4. The summed E-state index contributed by atoms with van der Waals surface area (Å²) in [6.07, 6.45) is 4.31. The molecule has 112 valence electrons. The van der Waals surface area contributed by atoms with Crippen molar-refractivity contribution in [3.05, 3.63) is 0 Å². The Morgan fingerprint density at radius 2 is 1.90 bits per heavy atom. The highest BCUT2D eigenvalue weighted by Gasteiger charge is 2.55. The van der Waals surface area contributed by atoms with E-state index in [1.807, 2.05) is 25.7 Å². The molecule has 3 aliphatic heterocycles. The number of rotatable bonds is 0. The van der Waals surface area contributed by atoms with Gasteiger partial charge >= 0.3 is 6.09 Å². The molecule has 0 aromatic heterocycles. The fourth-order valence-electron chi connectivity index (χ4n) is 4.07. The van der Waals surface area contributed by atoms with Gasteiger partial charge in [-0.3, -0.25) is 4.79 Å². The molecule has 3 aliphatic rings. The molecule has 3 rings (SSSR count). The largest absolute Gasteiger partial charge is 0.444 e. The van der Waals surface area contributed by atoms with Crippen LogP contribution in [0.4, 0.5) is 4.79 Å². The van der Waals surface area contributed by atoms with Gasteiger partial charge in [0.1, 0.15) is 5.60 Å². The quantitative estimate of drug-likeness (QED) is 0.739. The number of ether oxygens (including phenoxy) is 1. The molecule has 3 saturated heterocycles. The first-order chi connectivity index (χ1) is 9.31. The molecule has 0 aliphatic carbocycles. The summed E-state index contributed by atoms with van der Waals surface area (Å²) in [5.74, 6) is 0.193. The molecule has 0 saturated carbocycles. The topological polar surface area (TPSA) is 58.6 Å². The van der Waals surface area contributed by atoms with Crippen molar-refractivity contribution < 1.29 is 14.3 Å². The molecule has 5 heteroatoms. The van der Waals surface area contributed by atoms with E-state index < -0.39 is 5.60 Å². The highest BCUT2D eigenvalue weighted by Crippen LogP contribution is 2.49. The minimum Gasteiger partial charge on any atom is -0.444 e. The lowest BCUT2D eigenvalue weighted by molar-refractivity contribution is -0.131. The molecule has 0 radical (unpaired) electrons. The molecule has 3 atom stereocenters. The summed E-state index contributed by atoms with van der Waals surface area (Å²) >= 11 is 0. The van der Waals surface area contributed by atoms with Crippen LogP contribution in [0.5, 0.6) is 0 Å². The van der Waals surface area contributed by atoms with Crippen LogP contribution in [0.25, 0.3) is 0 Å². The maximum Gasteiger partial charge on any atom is 0.410 e. The molecule has 1 N–H and O–H groups in total. The number of piperidine rings is 1. The van der Waals surface area contributed by atoms with Gasteiger partial charge in [-0.15, -0.1) is 0 Å². The van der Waals surface area contributed by atoms with E-state index >= 15 is 0 Å². The summed E-state index contributed by atoms with van der Waals surface area (Å²) in [4.78, 5) is 26.4. The summed E-state index contributed by atoms with van der Waals surface area (Å²) in [5, 5.41) is 2.96. The summed E-state index contributed by atoms with van der Waals surface area (Å²) in [6, 6.07) is 0.347. The van der Waals surface area contributed by atoms with Gasteiger partial charge in [0.2, 0.25) is 5.91 Å². The van der Waals surface area contributed by atoms with Gasteiger partial charge in [0.05, 0.1) is 5.41 Å². The summed E-state index contributed by atoms with van der Waals surface area (Å²) in [5.41, 5.74) is -0.680. The van der Waals surface area contributed by atoms with Gasteiger partial charge < -0.3 is 15.0 Å². The zero-order valence-corrected chi connectivity index (χ0v) is 12.6. The fourth-order valence-corrected chi connectivity index (χ4v) is 4.07. The van der Waals surface area contributed by atoms with Crippen molar-refractivity contribution in [1.29, 1.82) is 0 Å². The predicted octanol–water partition coefficient (Wildman–Crippen LogP) is 2.05. The minimum absolute atomic E-state index is 0.174. The number of carbonyl (C=O) groups excluding carboxylic acids is 2. The van der Waals surface area contributed by atoms with E-state index in [9.17, 15) is 9.59 Å². The lowest BCUT2D eigenvalue weighted by Gasteiger charge is -2.43. The van der Waals surface area contributed by atoms with Gasteiger partial charge in [-0.25, -0.2) is 4.79 Å². The summed E-state index contributed by atoms with van der Waals surface area (Å²) in [7, 11) is 0. The first-order valence-electron chi connectivity index (χ1n) is 7.60. The van der Waals surface area contributed by atoms with E-state index in [0.717, 1.165) is 38.6 Å². The Balaban J connectivity index is 1.75. The van der Waals surface area contributed by atoms with E-state index in [0.29, 0.717) is 0 Å². The predicted molar refractivity (Wildman–Crippen MR) is 74.2 cm³/mol. The zero-order chi connectivity index (χ0) is 14.5. The van der Waals surface area contributed by atoms with Crippen LogP contribution in [0.3, 0.4) is 0 Å². The van der Waals surface area contributed by atoms with Crippen LogP contribution in [0.2, 0.25) is 0 Å². The van der Waals surface area contributed by atoms with Crippen molar-refractivity contribution in [2.24, 2.45) is 5.41 Å². The molecule has 5 nitrogen and oxygen atoms in total. The standard InChI is InChI=1S/C15H24N2O3/c1-14(2,3)20-13(19)17-10-4-5-11(17)9-15(8-10)6-7-16-12(15)18/h10-11H,4-9H2,1-3H3,(H,16,18)/t10-,11?,15?/m0/s1. The second kappa shape index (κ2) is 4.37. The molecule has 1 spiro atoms. The highest BCUT2D eigenvalue weighted by atomic mass is 16.6. The second-order valence-corrected chi connectivity index (χ2v) is 7.47. The van der Waals surface area contributed by atoms with Crippen molar-refractivity contribution in [3.63, 3.8) is 0 Å². The SMILES string of the molecule is CC(C)(C)OC(=O)N1C2CC[C@H]1CC1(CCNC1=O)C2. The number of nitrogens with one attached hydrogen (secondary N) is 1. The fraction of sp³-hybridized carbons (Fsp3) is 0.867. The number of amides is 2. The van der Waals surface area contributed by atoms with Gasteiger partial charge in [-0.2, -0.15) is 0 Å². The number of carbonyl (C=O) groups is 2. The van der Waals surface area contributed by atoms with Gasteiger partial charge in [-0.1, -0.05) is 0 Å². The molecular weight excluding hydrogens is 256 g/mol. The molecule has 0 aromatic rings. The Hall–Kier alpha value is -1.26. The number of nitrogens with zero attached hydrogens (tertiary/aromatic N) is 1. The summed E-state index contributed by atoms with van der Waals surface area (Å²) in [6.45, 7) is 6.46. The first kappa shape index (κ1) is 13.7. The van der Waals surface area contributed by atoms with E-state index in [1.54, 1.807) is 0 Å². The van der Waals surface area contributed by atoms with Crippen LogP contribution in [0.15, 0.2) is 0 Å². The molecule has 3 fully saturated rings. The zero-order valence-electron chi connectivity index (χ0n) is 12.6. The minimum atomic E-state index is -0.462. The third-order valence-corrected chi connectivity index (χ3v) is 4.85. The van der Waals surface area contributed by atoms with Gasteiger partial charge in [0.15, 0.2) is 0 Å². The maximum atomic E-state index is 12.4. The van der Waals surface area contributed by atoms with Crippen LogP contribution in [-0.4, -0.2) is 41.1 Å². The highest BCUT2D eigenvalue weighted by molar-refractivity contribution is 5.85. The monoisotopic (exact) mass is 280 g/mol. The number of fused-ring (bicyclic) bond motifs is 2. The van der Waals surface area contributed by atoms with Gasteiger partial charge in [0, 0.05) is 18.6 Å². The third kappa shape index (κ3) is 2.17. The number of hydrogen-bond donors (Lipinski definition) is 1. The smallest absolute Gasteiger partial charge is 0.410 e. The van der Waals surface area contributed by atoms with Crippen molar-refractivity contribution >= 4 is 12.0 Å². The van der Waals surface area contributed by atoms with Crippen LogP contribution in [0.1, 0.15) is 52.9 Å². The number of hydrogen-bond acceptors (Lipinski definition) is 3. The van der Waals surface area contributed by atoms with E-state index in [-0.39, 0.29) is 29.5 Å². The first-order valence-corrected chi connectivity index (χ1v) is 7.60. The average molecular weight is 280 g/mol. The van der Waals surface area contributed by atoms with Crippen molar-refractivity contribution in [3.8, 4) is 0 Å². The van der Waals surface area contributed by atoms with E-state index in [2.05, 4.69) is 5.32 Å². The van der Waals surface area contributed by atoms with Crippen LogP contribution in [0, 0.1) is 5.41 Å². The molecule has 0 aromatic carbocycles. The lowest BCUT2D eigenvalue weighted by Crippen LogP contribution is -2.53.